The summed E-state index contributed by atoms with van der Waals surface area (Å²) in [5.74, 6) is 0. The Kier molecular flexibility index (Phi) is 3.85. The number of hydrogen-bond donors (Lipinski definition) is 2. The van der Waals surface area contributed by atoms with E-state index in [1.807, 2.05) is 0 Å². The molecular formula is C16H23N3. The van der Waals surface area contributed by atoms with Crippen molar-refractivity contribution in [3.05, 3.63) is 35.5 Å². The van der Waals surface area contributed by atoms with Gasteiger partial charge >= 0.3 is 0 Å². The summed E-state index contributed by atoms with van der Waals surface area (Å²) < 4.78 is 0. The normalized spacial score (nSPS) is 17.7. The standard InChI is InChI=1S/C16H23N3/c1-13-3-4-15-14(12-18-16(15)11-13)5-9-19-8-2-6-17-7-10-19/h3-4,11-12,17-18H,2,5-10H2,1H3. The monoisotopic (exact) mass is 257 g/mol. The number of fused-ring (bicyclic) bond motifs is 1. The van der Waals surface area contributed by atoms with Crippen molar-refractivity contribution in [3.63, 3.8) is 0 Å². The lowest BCUT2D eigenvalue weighted by atomic mass is 10.1. The van der Waals surface area contributed by atoms with Crippen LogP contribution < -0.4 is 5.32 Å². The zero-order valence-electron chi connectivity index (χ0n) is 11.7. The summed E-state index contributed by atoms with van der Waals surface area (Å²) >= 11 is 0. The average molecular weight is 257 g/mol. The largest absolute Gasteiger partial charge is 0.361 e. The van der Waals surface area contributed by atoms with Crippen LogP contribution in [0.1, 0.15) is 17.5 Å². The molecule has 0 radical (unpaired) electrons. The van der Waals surface area contributed by atoms with Crippen LogP contribution in [0, 0.1) is 6.92 Å². The molecule has 0 aliphatic carbocycles. The first-order valence-electron chi connectivity index (χ1n) is 7.32. The van der Waals surface area contributed by atoms with E-state index in [0.717, 1.165) is 13.0 Å². The second-order valence-corrected chi connectivity index (χ2v) is 5.56. The molecule has 3 rings (SSSR count). The highest BCUT2D eigenvalue weighted by molar-refractivity contribution is 5.83. The van der Waals surface area contributed by atoms with E-state index in [2.05, 4.69) is 46.5 Å². The van der Waals surface area contributed by atoms with E-state index in [-0.39, 0.29) is 0 Å². The topological polar surface area (TPSA) is 31.1 Å². The SMILES string of the molecule is Cc1ccc2c(CCN3CCCNCC3)c[nH]c2c1. The summed E-state index contributed by atoms with van der Waals surface area (Å²) in [7, 11) is 0. The van der Waals surface area contributed by atoms with Crippen molar-refractivity contribution >= 4 is 10.9 Å². The molecule has 0 bridgehead atoms. The fourth-order valence-corrected chi connectivity index (χ4v) is 2.91. The molecule has 1 fully saturated rings. The van der Waals surface area contributed by atoms with Crippen LogP contribution in [0.4, 0.5) is 0 Å². The number of aryl methyl sites for hydroxylation is 1. The smallest absolute Gasteiger partial charge is 0.0459 e. The fourth-order valence-electron chi connectivity index (χ4n) is 2.91. The van der Waals surface area contributed by atoms with Gasteiger partial charge in [0.25, 0.3) is 0 Å². The molecule has 1 saturated heterocycles. The Morgan fingerprint density at radius 2 is 2.16 bits per heavy atom. The van der Waals surface area contributed by atoms with E-state index in [1.54, 1.807) is 0 Å². The van der Waals surface area contributed by atoms with Gasteiger partial charge in [-0.05, 0) is 50.0 Å². The Bertz CT molecular complexity index is 536. The molecule has 0 atom stereocenters. The summed E-state index contributed by atoms with van der Waals surface area (Å²) in [6.07, 6.45) is 4.59. The van der Waals surface area contributed by atoms with E-state index in [4.69, 9.17) is 0 Å². The van der Waals surface area contributed by atoms with Crippen molar-refractivity contribution in [3.8, 4) is 0 Å². The van der Waals surface area contributed by atoms with Crippen molar-refractivity contribution in [2.45, 2.75) is 19.8 Å². The maximum atomic E-state index is 3.46. The highest BCUT2D eigenvalue weighted by Crippen LogP contribution is 2.20. The number of aromatic nitrogens is 1. The Morgan fingerprint density at radius 3 is 3.11 bits per heavy atom. The second kappa shape index (κ2) is 5.76. The van der Waals surface area contributed by atoms with Crippen LogP contribution in [-0.2, 0) is 6.42 Å². The first-order chi connectivity index (χ1) is 9.33. The van der Waals surface area contributed by atoms with Gasteiger partial charge in [-0.3, -0.25) is 0 Å². The second-order valence-electron chi connectivity index (χ2n) is 5.56. The molecule has 2 aromatic rings. The van der Waals surface area contributed by atoms with Crippen molar-refractivity contribution in [2.24, 2.45) is 0 Å². The Morgan fingerprint density at radius 1 is 1.21 bits per heavy atom. The van der Waals surface area contributed by atoms with Gasteiger partial charge in [0.2, 0.25) is 0 Å². The minimum Gasteiger partial charge on any atom is -0.361 e. The summed E-state index contributed by atoms with van der Waals surface area (Å²) in [4.78, 5) is 5.97. The fraction of sp³-hybridized carbons (Fsp3) is 0.500. The molecule has 0 unspecified atom stereocenters. The van der Waals surface area contributed by atoms with Gasteiger partial charge in [-0.1, -0.05) is 12.1 Å². The highest BCUT2D eigenvalue weighted by Gasteiger charge is 2.10. The number of nitrogens with zero attached hydrogens (tertiary/aromatic N) is 1. The van der Waals surface area contributed by atoms with Gasteiger partial charge < -0.3 is 15.2 Å². The summed E-state index contributed by atoms with van der Waals surface area (Å²) in [6.45, 7) is 8.03. The van der Waals surface area contributed by atoms with Gasteiger partial charge in [0.1, 0.15) is 0 Å². The van der Waals surface area contributed by atoms with Crippen molar-refractivity contribution in [1.29, 1.82) is 0 Å². The van der Waals surface area contributed by atoms with Gasteiger partial charge in [0.15, 0.2) is 0 Å². The molecule has 1 aromatic heterocycles. The molecule has 2 N–H and O–H groups in total. The third-order valence-electron chi connectivity index (χ3n) is 4.05. The van der Waals surface area contributed by atoms with E-state index in [0.29, 0.717) is 0 Å². The van der Waals surface area contributed by atoms with Gasteiger partial charge in [-0.2, -0.15) is 0 Å². The van der Waals surface area contributed by atoms with Crippen molar-refractivity contribution < 1.29 is 0 Å². The van der Waals surface area contributed by atoms with Crippen LogP contribution in [0.5, 0.6) is 0 Å². The van der Waals surface area contributed by atoms with Crippen LogP contribution in [0.15, 0.2) is 24.4 Å². The quantitative estimate of drug-likeness (QED) is 0.884. The zero-order chi connectivity index (χ0) is 13.1. The molecule has 19 heavy (non-hydrogen) atoms. The van der Waals surface area contributed by atoms with Crippen LogP contribution in [0.2, 0.25) is 0 Å². The Balaban J connectivity index is 1.67. The van der Waals surface area contributed by atoms with Crippen LogP contribution in [-0.4, -0.2) is 42.6 Å². The molecule has 102 valence electrons. The van der Waals surface area contributed by atoms with Gasteiger partial charge in [0, 0.05) is 36.7 Å². The third kappa shape index (κ3) is 2.99. The number of H-pyrrole nitrogens is 1. The Labute approximate surface area is 115 Å². The van der Waals surface area contributed by atoms with Crippen molar-refractivity contribution in [2.75, 3.05) is 32.7 Å². The number of aromatic amines is 1. The first kappa shape index (κ1) is 12.7. The zero-order valence-corrected chi connectivity index (χ0v) is 11.7. The van der Waals surface area contributed by atoms with E-state index >= 15 is 0 Å². The third-order valence-corrected chi connectivity index (χ3v) is 4.05. The van der Waals surface area contributed by atoms with E-state index in [1.165, 1.54) is 54.6 Å². The molecule has 3 heteroatoms. The van der Waals surface area contributed by atoms with E-state index < -0.39 is 0 Å². The number of benzene rings is 1. The van der Waals surface area contributed by atoms with Crippen LogP contribution in [0.25, 0.3) is 10.9 Å². The van der Waals surface area contributed by atoms with Crippen molar-refractivity contribution in [1.82, 2.24) is 15.2 Å². The van der Waals surface area contributed by atoms with Crippen LogP contribution in [0.3, 0.4) is 0 Å². The molecule has 0 spiro atoms. The predicted octanol–water partition coefficient (Wildman–Crippen LogP) is 2.31. The van der Waals surface area contributed by atoms with Crippen LogP contribution >= 0.6 is 0 Å². The molecule has 0 amide bonds. The number of hydrogen-bond acceptors (Lipinski definition) is 2. The maximum absolute atomic E-state index is 3.46. The number of rotatable bonds is 3. The molecular weight excluding hydrogens is 234 g/mol. The predicted molar refractivity (Wildman–Crippen MR) is 80.7 cm³/mol. The minimum absolute atomic E-state index is 1.13. The summed E-state index contributed by atoms with van der Waals surface area (Å²) in [5.41, 5.74) is 4.04. The molecule has 0 saturated carbocycles. The molecule has 1 aliphatic heterocycles. The van der Waals surface area contributed by atoms with Gasteiger partial charge in [-0.15, -0.1) is 0 Å². The lowest BCUT2D eigenvalue weighted by Gasteiger charge is -2.18. The molecule has 1 aromatic carbocycles. The Hall–Kier alpha value is -1.32. The molecule has 3 nitrogen and oxygen atoms in total. The summed E-state index contributed by atoms with van der Waals surface area (Å²) in [5, 5.41) is 4.85. The molecule has 1 aliphatic rings. The van der Waals surface area contributed by atoms with E-state index in [9.17, 15) is 0 Å². The first-order valence-corrected chi connectivity index (χ1v) is 7.32. The lowest BCUT2D eigenvalue weighted by Crippen LogP contribution is -2.30. The van der Waals surface area contributed by atoms with Gasteiger partial charge in [0.05, 0.1) is 0 Å². The average Bonchev–Trinajstić information content (AvgIpc) is 2.63. The highest BCUT2D eigenvalue weighted by atomic mass is 15.1. The lowest BCUT2D eigenvalue weighted by molar-refractivity contribution is 0.296. The summed E-state index contributed by atoms with van der Waals surface area (Å²) in [6, 6.07) is 6.69. The maximum Gasteiger partial charge on any atom is 0.0459 e. The minimum atomic E-state index is 1.13. The van der Waals surface area contributed by atoms with Gasteiger partial charge in [-0.25, -0.2) is 0 Å². The molecule has 2 heterocycles. The number of nitrogens with one attached hydrogen (secondary N) is 2.